The Morgan fingerprint density at radius 2 is 1.67 bits per heavy atom. The zero-order chi connectivity index (χ0) is 25.7. The molecule has 1 amide bonds. The Bertz CT molecular complexity index is 1280. The van der Waals surface area contributed by atoms with Crippen molar-refractivity contribution < 1.29 is 28.9 Å². The smallest absolute Gasteiger partial charge is 0.295 e. The summed E-state index contributed by atoms with van der Waals surface area (Å²) in [5.41, 5.74) is 2.87. The van der Waals surface area contributed by atoms with Crippen LogP contribution in [-0.4, -0.2) is 49.1 Å². The number of methoxy groups -OCH3 is 2. The van der Waals surface area contributed by atoms with Gasteiger partial charge in [0.2, 0.25) is 0 Å². The van der Waals surface area contributed by atoms with E-state index in [1.807, 2.05) is 37.3 Å². The number of amides is 1. The van der Waals surface area contributed by atoms with Crippen molar-refractivity contribution in [1.82, 2.24) is 4.90 Å². The third-order valence-electron chi connectivity index (χ3n) is 6.20. The maximum Gasteiger partial charge on any atom is 0.295 e. The van der Waals surface area contributed by atoms with Gasteiger partial charge in [0.25, 0.3) is 11.7 Å². The van der Waals surface area contributed by atoms with Crippen molar-refractivity contribution in [1.29, 1.82) is 0 Å². The van der Waals surface area contributed by atoms with Gasteiger partial charge in [0.05, 0.1) is 25.3 Å². The van der Waals surface area contributed by atoms with Crippen molar-refractivity contribution >= 4 is 17.4 Å². The molecular formula is C29H29NO6. The number of aliphatic hydroxyl groups is 1. The van der Waals surface area contributed by atoms with Crippen LogP contribution in [0, 0.1) is 6.92 Å². The molecule has 0 radical (unpaired) electrons. The van der Waals surface area contributed by atoms with E-state index in [1.165, 1.54) is 19.1 Å². The fraction of sp³-hybridized carbons (Fsp3) is 0.241. The molecule has 186 valence electrons. The van der Waals surface area contributed by atoms with Gasteiger partial charge in [0.15, 0.2) is 0 Å². The van der Waals surface area contributed by atoms with E-state index >= 15 is 0 Å². The zero-order valence-corrected chi connectivity index (χ0v) is 20.6. The first-order valence-corrected chi connectivity index (χ1v) is 11.6. The number of ether oxygens (including phenoxy) is 3. The van der Waals surface area contributed by atoms with E-state index in [2.05, 4.69) is 0 Å². The number of aliphatic hydroxyl groups excluding tert-OH is 1. The molecule has 3 aromatic carbocycles. The maximum atomic E-state index is 13.2. The topological polar surface area (TPSA) is 85.3 Å². The minimum atomic E-state index is -0.814. The zero-order valence-electron chi connectivity index (χ0n) is 20.6. The predicted molar refractivity (Wildman–Crippen MR) is 136 cm³/mol. The van der Waals surface area contributed by atoms with Crippen molar-refractivity contribution in [2.45, 2.75) is 19.6 Å². The summed E-state index contributed by atoms with van der Waals surface area (Å²) in [6.07, 6.45) is 0. The van der Waals surface area contributed by atoms with Crippen molar-refractivity contribution in [3.05, 3.63) is 101 Å². The van der Waals surface area contributed by atoms with Gasteiger partial charge in [-0.2, -0.15) is 0 Å². The molecule has 1 saturated heterocycles. The summed E-state index contributed by atoms with van der Waals surface area (Å²) in [7, 11) is 3.05. The fourth-order valence-corrected chi connectivity index (χ4v) is 4.37. The Morgan fingerprint density at radius 1 is 0.944 bits per heavy atom. The predicted octanol–water partition coefficient (Wildman–Crippen LogP) is 4.65. The van der Waals surface area contributed by atoms with Crippen LogP contribution >= 0.6 is 0 Å². The molecule has 36 heavy (non-hydrogen) atoms. The first-order chi connectivity index (χ1) is 17.5. The molecule has 0 aliphatic carbocycles. The second-order valence-corrected chi connectivity index (χ2v) is 8.48. The average Bonchev–Trinajstić information content (AvgIpc) is 3.16. The highest BCUT2D eigenvalue weighted by Crippen LogP contribution is 2.42. The van der Waals surface area contributed by atoms with Gasteiger partial charge in [0.1, 0.15) is 23.9 Å². The summed E-state index contributed by atoms with van der Waals surface area (Å²) in [6, 6.07) is 21.3. The number of Topliss-reactive ketones (excluding diaryl/α,β-unsaturated/α-hetero) is 1. The largest absolute Gasteiger partial charge is 0.507 e. The monoisotopic (exact) mass is 487 g/mol. The van der Waals surface area contributed by atoms with E-state index < -0.39 is 17.7 Å². The van der Waals surface area contributed by atoms with E-state index in [4.69, 9.17) is 14.2 Å². The van der Waals surface area contributed by atoms with Crippen LogP contribution in [0.5, 0.6) is 11.5 Å². The van der Waals surface area contributed by atoms with Crippen LogP contribution in [0.25, 0.3) is 5.76 Å². The van der Waals surface area contributed by atoms with Crippen molar-refractivity contribution in [3.8, 4) is 11.5 Å². The fourth-order valence-electron chi connectivity index (χ4n) is 4.37. The number of ketones is 1. The summed E-state index contributed by atoms with van der Waals surface area (Å²) < 4.78 is 16.6. The third-order valence-corrected chi connectivity index (χ3v) is 6.20. The Hall–Kier alpha value is -4.10. The Balaban J connectivity index is 1.73. The first kappa shape index (κ1) is 25.0. The number of aryl methyl sites for hydroxylation is 1. The number of hydrogen-bond acceptors (Lipinski definition) is 6. The molecule has 0 aromatic heterocycles. The summed E-state index contributed by atoms with van der Waals surface area (Å²) in [5, 5.41) is 11.3. The van der Waals surface area contributed by atoms with Crippen LogP contribution in [0.2, 0.25) is 0 Å². The summed E-state index contributed by atoms with van der Waals surface area (Å²) in [4.78, 5) is 27.6. The quantitative estimate of drug-likeness (QED) is 0.269. The van der Waals surface area contributed by atoms with Crippen LogP contribution in [0.4, 0.5) is 0 Å². The van der Waals surface area contributed by atoms with Crippen molar-refractivity contribution in [3.63, 3.8) is 0 Å². The standard InChI is InChI=1S/C29H29NO6/c1-19-17-21(13-14-23(19)36-18-20-9-5-4-6-10-20)27(31)25-26(22-11-7-8-12-24(22)35-3)30(15-16-34-2)29(33)28(25)32/h4-14,17,26,31H,15-16,18H2,1-3H3/b27-25+. The number of rotatable bonds is 9. The van der Waals surface area contributed by atoms with Crippen LogP contribution in [-0.2, 0) is 20.9 Å². The summed E-state index contributed by atoms with van der Waals surface area (Å²) in [5.74, 6) is -0.511. The van der Waals surface area contributed by atoms with Gasteiger partial charge in [0, 0.05) is 24.8 Å². The maximum absolute atomic E-state index is 13.2. The highest BCUT2D eigenvalue weighted by Gasteiger charge is 2.46. The second kappa shape index (κ2) is 11.1. The summed E-state index contributed by atoms with van der Waals surface area (Å²) in [6.45, 7) is 2.70. The van der Waals surface area contributed by atoms with E-state index in [0.717, 1.165) is 11.1 Å². The lowest BCUT2D eigenvalue weighted by atomic mass is 9.94. The Kier molecular flexibility index (Phi) is 7.71. The van der Waals surface area contributed by atoms with Gasteiger partial charge in [-0.05, 0) is 42.3 Å². The van der Waals surface area contributed by atoms with Crippen LogP contribution in [0.15, 0.2) is 78.4 Å². The highest BCUT2D eigenvalue weighted by molar-refractivity contribution is 6.46. The molecule has 1 N–H and O–H groups in total. The molecular weight excluding hydrogens is 458 g/mol. The van der Waals surface area contributed by atoms with Gasteiger partial charge in [-0.25, -0.2) is 0 Å². The molecule has 1 fully saturated rings. The minimum absolute atomic E-state index is 0.0120. The highest BCUT2D eigenvalue weighted by atomic mass is 16.5. The Labute approximate surface area is 210 Å². The van der Waals surface area contributed by atoms with Crippen molar-refractivity contribution in [2.24, 2.45) is 0 Å². The SMILES string of the molecule is COCCN1C(=O)C(=O)/C(=C(/O)c2ccc(OCc3ccccc3)c(C)c2)C1c1ccccc1OC. The molecule has 7 heteroatoms. The molecule has 0 saturated carbocycles. The number of hydrogen-bond donors (Lipinski definition) is 1. The summed E-state index contributed by atoms with van der Waals surface area (Å²) >= 11 is 0. The molecule has 0 bridgehead atoms. The van der Waals surface area contributed by atoms with Crippen molar-refractivity contribution in [2.75, 3.05) is 27.4 Å². The number of para-hydroxylation sites is 1. The van der Waals surface area contributed by atoms with Gasteiger partial charge < -0.3 is 24.2 Å². The van der Waals surface area contributed by atoms with Gasteiger partial charge in [-0.1, -0.05) is 48.5 Å². The third kappa shape index (κ3) is 4.97. The number of likely N-dealkylation sites (tertiary alicyclic amines) is 1. The number of benzene rings is 3. The molecule has 1 unspecified atom stereocenters. The molecule has 1 aliphatic rings. The van der Waals surface area contributed by atoms with E-state index in [9.17, 15) is 14.7 Å². The van der Waals surface area contributed by atoms with E-state index in [-0.39, 0.29) is 24.5 Å². The van der Waals surface area contributed by atoms with E-state index in [0.29, 0.717) is 29.2 Å². The van der Waals surface area contributed by atoms with Gasteiger partial charge in [-0.3, -0.25) is 9.59 Å². The molecule has 0 spiro atoms. The second-order valence-electron chi connectivity index (χ2n) is 8.48. The number of carbonyl (C=O) groups is 2. The molecule has 1 atom stereocenters. The normalized spacial score (nSPS) is 16.9. The lowest BCUT2D eigenvalue weighted by Gasteiger charge is -2.26. The number of carbonyl (C=O) groups excluding carboxylic acids is 2. The van der Waals surface area contributed by atoms with E-state index in [1.54, 1.807) is 42.5 Å². The average molecular weight is 488 g/mol. The van der Waals surface area contributed by atoms with Crippen LogP contribution in [0.3, 0.4) is 0 Å². The molecule has 1 aliphatic heterocycles. The Morgan fingerprint density at radius 3 is 2.36 bits per heavy atom. The van der Waals surface area contributed by atoms with Crippen LogP contribution < -0.4 is 9.47 Å². The van der Waals surface area contributed by atoms with Gasteiger partial charge in [-0.15, -0.1) is 0 Å². The lowest BCUT2D eigenvalue weighted by molar-refractivity contribution is -0.140. The van der Waals surface area contributed by atoms with Gasteiger partial charge >= 0.3 is 0 Å². The molecule has 7 nitrogen and oxygen atoms in total. The first-order valence-electron chi connectivity index (χ1n) is 11.6. The molecule has 1 heterocycles. The van der Waals surface area contributed by atoms with Crippen LogP contribution in [0.1, 0.15) is 28.3 Å². The number of nitrogens with zero attached hydrogens (tertiary/aromatic N) is 1. The molecule has 4 rings (SSSR count). The lowest BCUT2D eigenvalue weighted by Crippen LogP contribution is -2.32. The minimum Gasteiger partial charge on any atom is -0.507 e. The molecule has 3 aromatic rings.